The smallest absolute Gasteiger partial charge is 0.326 e. The Balaban J connectivity index is 2.55. The summed E-state index contributed by atoms with van der Waals surface area (Å²) in [5, 5.41) is 8.99. The normalized spacial score (nSPS) is 22.1. The predicted octanol–water partition coefficient (Wildman–Crippen LogP) is 1.71. The molecular formula is C10H17NO3S2. The fourth-order valence-electron chi connectivity index (χ4n) is 1.81. The lowest BCUT2D eigenvalue weighted by Gasteiger charge is -2.24. The van der Waals surface area contributed by atoms with E-state index in [1.54, 1.807) is 21.6 Å². The minimum absolute atomic E-state index is 0.0218. The van der Waals surface area contributed by atoms with Crippen molar-refractivity contribution in [3.8, 4) is 0 Å². The van der Waals surface area contributed by atoms with Gasteiger partial charge in [-0.25, -0.2) is 4.79 Å². The first-order chi connectivity index (χ1) is 7.57. The first-order valence-electron chi connectivity index (χ1n) is 5.26. The average Bonchev–Trinajstić information content (AvgIpc) is 2.73. The van der Waals surface area contributed by atoms with Gasteiger partial charge in [-0.05, 0) is 19.1 Å². The summed E-state index contributed by atoms with van der Waals surface area (Å²) in [5.41, 5.74) is 0. The van der Waals surface area contributed by atoms with Gasteiger partial charge in [0.15, 0.2) is 0 Å². The molecule has 16 heavy (non-hydrogen) atoms. The Hall–Kier alpha value is -0.360. The topological polar surface area (TPSA) is 57.6 Å². The maximum absolute atomic E-state index is 12.0. The van der Waals surface area contributed by atoms with E-state index >= 15 is 0 Å². The number of carboxylic acids is 1. The summed E-state index contributed by atoms with van der Waals surface area (Å²) in [6, 6.07) is -0.603. The van der Waals surface area contributed by atoms with Gasteiger partial charge in [0.2, 0.25) is 5.91 Å². The van der Waals surface area contributed by atoms with Crippen LogP contribution in [0.15, 0.2) is 0 Å². The number of hydrogen-bond donors (Lipinski definition) is 1. The Morgan fingerprint density at radius 1 is 1.56 bits per heavy atom. The van der Waals surface area contributed by atoms with Crippen molar-refractivity contribution >= 4 is 33.5 Å². The van der Waals surface area contributed by atoms with Crippen molar-refractivity contribution in [3.63, 3.8) is 0 Å². The van der Waals surface area contributed by atoms with Crippen molar-refractivity contribution in [3.05, 3.63) is 0 Å². The summed E-state index contributed by atoms with van der Waals surface area (Å²) in [7, 11) is 3.26. The van der Waals surface area contributed by atoms with E-state index in [1.165, 1.54) is 4.90 Å². The predicted molar refractivity (Wildman–Crippen MR) is 67.5 cm³/mol. The van der Waals surface area contributed by atoms with Gasteiger partial charge in [-0.1, -0.05) is 28.5 Å². The molecule has 0 aliphatic carbocycles. The number of amides is 1. The lowest BCUT2D eigenvalue weighted by Crippen LogP contribution is -2.43. The third kappa shape index (κ3) is 3.31. The van der Waals surface area contributed by atoms with Crippen molar-refractivity contribution < 1.29 is 14.7 Å². The molecule has 2 atom stereocenters. The van der Waals surface area contributed by atoms with E-state index in [0.29, 0.717) is 13.0 Å². The van der Waals surface area contributed by atoms with Gasteiger partial charge in [-0.15, -0.1) is 0 Å². The first-order valence-corrected chi connectivity index (χ1v) is 7.99. The molecule has 1 aliphatic rings. The highest BCUT2D eigenvalue weighted by molar-refractivity contribution is 8.76. The third-order valence-electron chi connectivity index (χ3n) is 2.68. The molecule has 0 aromatic carbocycles. The van der Waals surface area contributed by atoms with Gasteiger partial charge in [0.25, 0.3) is 0 Å². The first kappa shape index (κ1) is 13.7. The van der Waals surface area contributed by atoms with Gasteiger partial charge in [0.1, 0.15) is 6.04 Å². The second-order valence-electron chi connectivity index (χ2n) is 3.88. The highest BCUT2D eigenvalue weighted by Gasteiger charge is 2.35. The van der Waals surface area contributed by atoms with Crippen LogP contribution in [-0.2, 0) is 9.59 Å². The standard InChI is InChI=1S/C10H17NO3S2/c1-7(6-16-15-2)9(12)11-5-3-4-8(11)10(13)14/h7-8H,3-6H2,1-2H3,(H,13,14)/t7?,8-/m0/s1. The molecule has 1 aliphatic heterocycles. The number of carbonyl (C=O) groups is 2. The van der Waals surface area contributed by atoms with Crippen molar-refractivity contribution in [2.75, 3.05) is 18.6 Å². The lowest BCUT2D eigenvalue weighted by molar-refractivity contribution is -0.149. The van der Waals surface area contributed by atoms with Crippen LogP contribution in [0.25, 0.3) is 0 Å². The van der Waals surface area contributed by atoms with Gasteiger partial charge in [0.05, 0.1) is 0 Å². The SMILES string of the molecule is CSSCC(C)C(=O)N1CCC[C@H]1C(=O)O. The van der Waals surface area contributed by atoms with Crippen LogP contribution >= 0.6 is 21.6 Å². The molecule has 0 spiro atoms. The number of rotatable bonds is 5. The highest BCUT2D eigenvalue weighted by Crippen LogP contribution is 2.24. The molecule has 1 heterocycles. The fraction of sp³-hybridized carbons (Fsp3) is 0.800. The summed E-state index contributed by atoms with van der Waals surface area (Å²) >= 11 is 0. The monoisotopic (exact) mass is 263 g/mol. The fourth-order valence-corrected chi connectivity index (χ4v) is 3.32. The quantitative estimate of drug-likeness (QED) is 0.765. The second kappa shape index (κ2) is 6.39. The zero-order chi connectivity index (χ0) is 12.1. The van der Waals surface area contributed by atoms with Crippen molar-refractivity contribution in [2.24, 2.45) is 5.92 Å². The molecule has 1 saturated heterocycles. The van der Waals surface area contributed by atoms with Crippen LogP contribution in [0.3, 0.4) is 0 Å². The lowest BCUT2D eigenvalue weighted by atomic mass is 10.1. The maximum atomic E-state index is 12.0. The van der Waals surface area contributed by atoms with Gasteiger partial charge in [-0.2, -0.15) is 0 Å². The maximum Gasteiger partial charge on any atom is 0.326 e. The van der Waals surface area contributed by atoms with E-state index in [-0.39, 0.29) is 11.8 Å². The molecule has 6 heteroatoms. The molecule has 1 N–H and O–H groups in total. The Morgan fingerprint density at radius 2 is 2.25 bits per heavy atom. The minimum Gasteiger partial charge on any atom is -0.480 e. The van der Waals surface area contributed by atoms with Crippen molar-refractivity contribution in [1.29, 1.82) is 0 Å². The Labute approximate surface area is 104 Å². The molecule has 1 amide bonds. The van der Waals surface area contributed by atoms with E-state index in [9.17, 15) is 9.59 Å². The molecule has 4 nitrogen and oxygen atoms in total. The Morgan fingerprint density at radius 3 is 2.81 bits per heavy atom. The summed E-state index contributed by atoms with van der Waals surface area (Å²) in [4.78, 5) is 24.5. The Kier molecular flexibility index (Phi) is 5.48. The molecular weight excluding hydrogens is 246 g/mol. The highest BCUT2D eigenvalue weighted by atomic mass is 33.1. The van der Waals surface area contributed by atoms with Crippen LogP contribution in [-0.4, -0.2) is 46.5 Å². The largest absolute Gasteiger partial charge is 0.480 e. The van der Waals surface area contributed by atoms with E-state index in [4.69, 9.17) is 5.11 Å². The van der Waals surface area contributed by atoms with Gasteiger partial charge < -0.3 is 10.0 Å². The van der Waals surface area contributed by atoms with Crippen LogP contribution in [0.5, 0.6) is 0 Å². The van der Waals surface area contributed by atoms with Crippen LogP contribution in [0.1, 0.15) is 19.8 Å². The number of hydrogen-bond acceptors (Lipinski definition) is 4. The molecule has 92 valence electrons. The van der Waals surface area contributed by atoms with Crippen molar-refractivity contribution in [2.45, 2.75) is 25.8 Å². The third-order valence-corrected chi connectivity index (χ3v) is 4.67. The molecule has 0 aromatic rings. The van der Waals surface area contributed by atoms with Crippen LogP contribution < -0.4 is 0 Å². The second-order valence-corrected chi connectivity index (χ2v) is 6.49. The number of nitrogens with zero attached hydrogens (tertiary/aromatic N) is 1. The summed E-state index contributed by atoms with van der Waals surface area (Å²) in [6.07, 6.45) is 3.35. The number of aliphatic carboxylic acids is 1. The van der Waals surface area contributed by atoms with Gasteiger partial charge in [0, 0.05) is 18.2 Å². The number of likely N-dealkylation sites (tertiary alicyclic amines) is 1. The number of carbonyl (C=O) groups excluding carboxylic acids is 1. The van der Waals surface area contributed by atoms with E-state index in [1.807, 2.05) is 13.2 Å². The van der Waals surface area contributed by atoms with E-state index < -0.39 is 12.0 Å². The number of carboxylic acid groups (broad SMARTS) is 1. The molecule has 0 aromatic heterocycles. The molecule has 0 saturated carbocycles. The molecule has 1 fully saturated rings. The van der Waals surface area contributed by atoms with Gasteiger partial charge >= 0.3 is 5.97 Å². The van der Waals surface area contributed by atoms with Crippen LogP contribution in [0, 0.1) is 5.92 Å². The summed E-state index contributed by atoms with van der Waals surface area (Å²) in [6.45, 7) is 2.45. The zero-order valence-electron chi connectivity index (χ0n) is 9.51. The average molecular weight is 263 g/mol. The van der Waals surface area contributed by atoms with E-state index in [0.717, 1.165) is 12.2 Å². The summed E-state index contributed by atoms with van der Waals surface area (Å²) < 4.78 is 0. The zero-order valence-corrected chi connectivity index (χ0v) is 11.1. The molecule has 0 radical (unpaired) electrons. The van der Waals surface area contributed by atoms with Crippen LogP contribution in [0.4, 0.5) is 0 Å². The molecule has 1 unspecified atom stereocenters. The molecule has 0 bridgehead atoms. The van der Waals surface area contributed by atoms with Gasteiger partial charge in [-0.3, -0.25) is 4.79 Å². The minimum atomic E-state index is -0.879. The van der Waals surface area contributed by atoms with Crippen LogP contribution in [0.2, 0.25) is 0 Å². The molecule has 1 rings (SSSR count). The summed E-state index contributed by atoms with van der Waals surface area (Å²) in [5.74, 6) is -0.262. The van der Waals surface area contributed by atoms with Crippen molar-refractivity contribution in [1.82, 2.24) is 4.90 Å². The van der Waals surface area contributed by atoms with E-state index in [2.05, 4.69) is 0 Å². The Bertz CT molecular complexity index is 273.